The highest BCUT2D eigenvalue weighted by Gasteiger charge is 2.07. The SMILES string of the molecule is CC(=O)CCCOc1ccc2nc(C#C[Si](C)(C)C)ccc2c1. The Balaban J connectivity index is 2.09. The lowest BCUT2D eigenvalue weighted by Gasteiger charge is -2.07. The summed E-state index contributed by atoms with van der Waals surface area (Å²) in [5, 5.41) is 1.03. The molecule has 2 rings (SSSR count). The van der Waals surface area contributed by atoms with Gasteiger partial charge in [-0.2, -0.15) is 0 Å². The van der Waals surface area contributed by atoms with Crippen LogP contribution in [0.25, 0.3) is 10.9 Å². The maximum Gasteiger partial charge on any atom is 0.129 e. The molecule has 2 aromatic rings. The summed E-state index contributed by atoms with van der Waals surface area (Å²) in [7, 11) is -1.39. The second-order valence-corrected chi connectivity index (χ2v) is 11.5. The van der Waals surface area contributed by atoms with Crippen LogP contribution in [0.4, 0.5) is 0 Å². The van der Waals surface area contributed by atoms with Gasteiger partial charge in [0.25, 0.3) is 0 Å². The number of hydrogen-bond donors (Lipinski definition) is 0. The molecule has 0 N–H and O–H groups in total. The van der Waals surface area contributed by atoms with Gasteiger partial charge in [0.2, 0.25) is 0 Å². The van der Waals surface area contributed by atoms with Crippen molar-refractivity contribution in [3.8, 4) is 17.2 Å². The van der Waals surface area contributed by atoms with E-state index in [1.54, 1.807) is 6.92 Å². The van der Waals surface area contributed by atoms with Gasteiger partial charge in [0.15, 0.2) is 0 Å². The Morgan fingerprint density at radius 1 is 1.22 bits per heavy atom. The van der Waals surface area contributed by atoms with Crippen LogP contribution in [0.3, 0.4) is 0 Å². The summed E-state index contributed by atoms with van der Waals surface area (Å²) in [4.78, 5) is 15.5. The maximum absolute atomic E-state index is 10.9. The number of ketones is 1. The van der Waals surface area contributed by atoms with Crippen LogP contribution in [0.1, 0.15) is 25.5 Å². The first-order valence-electron chi connectivity index (χ1n) is 7.90. The van der Waals surface area contributed by atoms with Crippen LogP contribution in [0.5, 0.6) is 5.75 Å². The molecular weight excluding hydrogens is 302 g/mol. The van der Waals surface area contributed by atoms with Crippen molar-refractivity contribution in [2.45, 2.75) is 39.4 Å². The van der Waals surface area contributed by atoms with E-state index in [0.717, 1.165) is 28.8 Å². The van der Waals surface area contributed by atoms with Crippen LogP contribution in [0.2, 0.25) is 19.6 Å². The smallest absolute Gasteiger partial charge is 0.129 e. The number of carbonyl (C=O) groups excluding carboxylic acids is 1. The van der Waals surface area contributed by atoms with Crippen molar-refractivity contribution < 1.29 is 9.53 Å². The van der Waals surface area contributed by atoms with E-state index >= 15 is 0 Å². The van der Waals surface area contributed by atoms with E-state index < -0.39 is 8.07 Å². The molecular formula is C19H23NO2Si. The number of hydrogen-bond acceptors (Lipinski definition) is 3. The van der Waals surface area contributed by atoms with Gasteiger partial charge in [-0.05, 0) is 43.7 Å². The van der Waals surface area contributed by atoms with E-state index in [2.05, 4.69) is 36.1 Å². The molecule has 0 unspecified atom stereocenters. The largest absolute Gasteiger partial charge is 0.494 e. The summed E-state index contributed by atoms with van der Waals surface area (Å²) in [6, 6.07) is 9.83. The van der Waals surface area contributed by atoms with Crippen LogP contribution in [-0.4, -0.2) is 25.4 Å². The number of nitrogens with zero attached hydrogens (tertiary/aromatic N) is 1. The molecule has 0 atom stereocenters. The minimum Gasteiger partial charge on any atom is -0.494 e. The fourth-order valence-corrected chi connectivity index (χ4v) is 2.53. The van der Waals surface area contributed by atoms with Crippen molar-refractivity contribution in [1.82, 2.24) is 4.98 Å². The molecule has 0 saturated heterocycles. The van der Waals surface area contributed by atoms with E-state index in [4.69, 9.17) is 4.74 Å². The van der Waals surface area contributed by atoms with Crippen molar-refractivity contribution >= 4 is 24.8 Å². The third-order valence-corrected chi connectivity index (χ3v) is 4.04. The first kappa shape index (κ1) is 17.2. The van der Waals surface area contributed by atoms with Crippen molar-refractivity contribution in [1.29, 1.82) is 0 Å². The van der Waals surface area contributed by atoms with Gasteiger partial charge in [-0.3, -0.25) is 0 Å². The summed E-state index contributed by atoms with van der Waals surface area (Å²) in [6.45, 7) is 8.81. The highest BCUT2D eigenvalue weighted by Crippen LogP contribution is 2.20. The molecule has 4 heteroatoms. The van der Waals surface area contributed by atoms with Crippen LogP contribution in [0.15, 0.2) is 30.3 Å². The predicted molar refractivity (Wildman–Crippen MR) is 97.4 cm³/mol. The van der Waals surface area contributed by atoms with Crippen molar-refractivity contribution in [3.05, 3.63) is 36.0 Å². The zero-order valence-electron chi connectivity index (χ0n) is 14.3. The number of rotatable bonds is 5. The summed E-state index contributed by atoms with van der Waals surface area (Å²) >= 11 is 0. The molecule has 1 aromatic carbocycles. The van der Waals surface area contributed by atoms with Gasteiger partial charge < -0.3 is 9.53 Å². The number of Topliss-reactive ketones (excluding diaryl/α,β-unsaturated/α-hetero) is 1. The fraction of sp³-hybridized carbons (Fsp3) is 0.368. The second-order valence-electron chi connectivity index (χ2n) is 6.71. The van der Waals surface area contributed by atoms with E-state index in [0.29, 0.717) is 13.0 Å². The topological polar surface area (TPSA) is 39.2 Å². The molecule has 120 valence electrons. The van der Waals surface area contributed by atoms with Gasteiger partial charge in [-0.25, -0.2) is 4.98 Å². The normalized spacial score (nSPS) is 11.0. The molecule has 0 aliphatic rings. The van der Waals surface area contributed by atoms with E-state index in [-0.39, 0.29) is 5.78 Å². The Morgan fingerprint density at radius 2 is 2.00 bits per heavy atom. The summed E-state index contributed by atoms with van der Waals surface area (Å²) in [5.74, 6) is 4.19. The monoisotopic (exact) mass is 325 g/mol. The average Bonchev–Trinajstić information content (AvgIpc) is 2.48. The Morgan fingerprint density at radius 3 is 2.70 bits per heavy atom. The molecule has 1 aromatic heterocycles. The molecule has 0 spiro atoms. The quantitative estimate of drug-likeness (QED) is 0.469. The number of carbonyl (C=O) groups is 1. The first-order chi connectivity index (χ1) is 10.8. The molecule has 0 saturated carbocycles. The van der Waals surface area contributed by atoms with E-state index in [1.165, 1.54) is 0 Å². The van der Waals surface area contributed by atoms with Gasteiger partial charge in [0.05, 0.1) is 12.1 Å². The van der Waals surface area contributed by atoms with Crippen LogP contribution >= 0.6 is 0 Å². The second kappa shape index (κ2) is 7.43. The molecule has 0 radical (unpaired) electrons. The van der Waals surface area contributed by atoms with Crippen molar-refractivity contribution in [2.24, 2.45) is 0 Å². The lowest BCUT2D eigenvalue weighted by Crippen LogP contribution is -2.16. The minimum atomic E-state index is -1.39. The van der Waals surface area contributed by atoms with Gasteiger partial charge in [-0.15, -0.1) is 5.54 Å². The number of benzene rings is 1. The van der Waals surface area contributed by atoms with E-state index in [9.17, 15) is 4.79 Å². The maximum atomic E-state index is 10.9. The molecule has 0 aliphatic carbocycles. The first-order valence-corrected chi connectivity index (χ1v) is 11.4. The zero-order chi connectivity index (χ0) is 16.9. The molecule has 1 heterocycles. The molecule has 23 heavy (non-hydrogen) atoms. The van der Waals surface area contributed by atoms with Crippen LogP contribution < -0.4 is 4.74 Å². The molecule has 3 nitrogen and oxygen atoms in total. The lowest BCUT2D eigenvalue weighted by atomic mass is 10.2. The molecule has 0 aliphatic heterocycles. The Labute approximate surface area is 139 Å². The number of ether oxygens (including phenoxy) is 1. The standard InChI is InChI=1S/C19H23NO2Si/c1-15(21)6-5-12-22-18-9-10-19-16(14-18)7-8-17(20-19)11-13-23(2,3)4/h7-10,14H,5-6,12H2,1-4H3. The van der Waals surface area contributed by atoms with E-state index in [1.807, 2.05) is 30.3 Å². The minimum absolute atomic E-state index is 0.197. The van der Waals surface area contributed by atoms with Gasteiger partial charge in [-0.1, -0.05) is 25.6 Å². The fourth-order valence-electron chi connectivity index (χ4n) is 2.03. The van der Waals surface area contributed by atoms with Gasteiger partial charge in [0.1, 0.15) is 25.3 Å². The van der Waals surface area contributed by atoms with Gasteiger partial charge in [0, 0.05) is 11.8 Å². The van der Waals surface area contributed by atoms with Crippen LogP contribution in [0, 0.1) is 11.5 Å². The van der Waals surface area contributed by atoms with Gasteiger partial charge >= 0.3 is 0 Å². The lowest BCUT2D eigenvalue weighted by molar-refractivity contribution is -0.117. The predicted octanol–water partition coefficient (Wildman–Crippen LogP) is 4.21. The molecule has 0 amide bonds. The molecule has 0 fully saturated rings. The average molecular weight is 325 g/mol. The Hall–Kier alpha value is -2.12. The van der Waals surface area contributed by atoms with Crippen LogP contribution in [-0.2, 0) is 4.79 Å². The molecule has 0 bridgehead atoms. The summed E-state index contributed by atoms with van der Waals surface area (Å²) < 4.78 is 5.68. The highest BCUT2D eigenvalue weighted by molar-refractivity contribution is 6.83. The van der Waals surface area contributed by atoms with Crippen molar-refractivity contribution in [3.63, 3.8) is 0 Å². The zero-order valence-corrected chi connectivity index (χ0v) is 15.3. The number of pyridine rings is 1. The highest BCUT2D eigenvalue weighted by atomic mass is 28.3. The number of fused-ring (bicyclic) bond motifs is 1. The Kier molecular flexibility index (Phi) is 5.57. The number of aromatic nitrogens is 1. The Bertz CT molecular complexity index is 766. The summed E-state index contributed by atoms with van der Waals surface area (Å²) in [5.41, 5.74) is 5.07. The summed E-state index contributed by atoms with van der Waals surface area (Å²) in [6.07, 6.45) is 1.31. The third kappa shape index (κ3) is 5.88. The third-order valence-electron chi connectivity index (χ3n) is 3.17. The van der Waals surface area contributed by atoms with Crippen molar-refractivity contribution in [2.75, 3.05) is 6.61 Å².